The Hall–Kier alpha value is -1.62. The molecule has 100 valence electrons. The second kappa shape index (κ2) is 6.96. The van der Waals surface area contributed by atoms with Gasteiger partial charge in [0.1, 0.15) is 5.75 Å². The van der Waals surface area contributed by atoms with Crippen molar-refractivity contribution in [3.63, 3.8) is 0 Å². The molecule has 1 unspecified atom stereocenters. The standard InChI is InChI=1S/C13H20N2O3/c1-4-11(14-2)6-5-10-7-12(15(16)17)9-13(8-10)18-3/h7-9,11,14H,4-6H2,1-3H3. The number of nitrogens with zero attached hydrogens (tertiary/aromatic N) is 1. The number of nitrogens with one attached hydrogen (secondary N) is 1. The number of nitro groups is 1. The first-order valence-corrected chi connectivity index (χ1v) is 6.10. The average molecular weight is 252 g/mol. The van der Waals surface area contributed by atoms with Crippen LogP contribution in [0.3, 0.4) is 0 Å². The van der Waals surface area contributed by atoms with Crippen LogP contribution in [0, 0.1) is 10.1 Å². The van der Waals surface area contributed by atoms with Gasteiger partial charge in [-0.15, -0.1) is 0 Å². The molecule has 1 atom stereocenters. The molecule has 0 bridgehead atoms. The maximum absolute atomic E-state index is 10.8. The Labute approximate surface area is 107 Å². The number of ether oxygens (including phenoxy) is 1. The zero-order chi connectivity index (χ0) is 13.5. The van der Waals surface area contributed by atoms with E-state index in [4.69, 9.17) is 4.74 Å². The van der Waals surface area contributed by atoms with Crippen molar-refractivity contribution >= 4 is 5.69 Å². The summed E-state index contributed by atoms with van der Waals surface area (Å²) in [5, 5.41) is 14.0. The summed E-state index contributed by atoms with van der Waals surface area (Å²) in [5.41, 5.74) is 1.02. The lowest BCUT2D eigenvalue weighted by Crippen LogP contribution is -2.24. The molecular weight excluding hydrogens is 232 g/mol. The van der Waals surface area contributed by atoms with Crippen LogP contribution in [-0.2, 0) is 6.42 Å². The van der Waals surface area contributed by atoms with Gasteiger partial charge in [0, 0.05) is 12.1 Å². The lowest BCUT2D eigenvalue weighted by atomic mass is 10.0. The molecule has 0 amide bonds. The minimum absolute atomic E-state index is 0.0851. The van der Waals surface area contributed by atoms with Gasteiger partial charge in [0.2, 0.25) is 0 Å². The van der Waals surface area contributed by atoms with Gasteiger partial charge in [-0.2, -0.15) is 0 Å². The first kappa shape index (κ1) is 14.4. The number of non-ortho nitro benzene ring substituents is 1. The Morgan fingerprint density at radius 3 is 2.67 bits per heavy atom. The van der Waals surface area contributed by atoms with E-state index in [0.29, 0.717) is 11.8 Å². The molecule has 1 aromatic rings. The van der Waals surface area contributed by atoms with E-state index in [2.05, 4.69) is 12.2 Å². The van der Waals surface area contributed by atoms with Crippen molar-refractivity contribution in [3.05, 3.63) is 33.9 Å². The first-order valence-electron chi connectivity index (χ1n) is 6.10. The quantitative estimate of drug-likeness (QED) is 0.598. The van der Waals surface area contributed by atoms with Gasteiger partial charge in [0.05, 0.1) is 18.1 Å². The van der Waals surface area contributed by atoms with Gasteiger partial charge >= 0.3 is 0 Å². The Bertz CT molecular complexity index is 403. The largest absolute Gasteiger partial charge is 0.496 e. The van der Waals surface area contributed by atoms with E-state index >= 15 is 0 Å². The minimum atomic E-state index is -0.388. The summed E-state index contributed by atoms with van der Waals surface area (Å²) in [5.74, 6) is 0.539. The zero-order valence-corrected chi connectivity index (χ0v) is 11.1. The molecule has 1 aromatic carbocycles. The molecule has 0 aliphatic rings. The highest BCUT2D eigenvalue weighted by Gasteiger charge is 2.11. The van der Waals surface area contributed by atoms with Crippen LogP contribution in [0.5, 0.6) is 5.75 Å². The van der Waals surface area contributed by atoms with Crippen molar-refractivity contribution in [1.82, 2.24) is 5.32 Å². The molecule has 0 aromatic heterocycles. The molecule has 0 heterocycles. The van der Waals surface area contributed by atoms with Crippen molar-refractivity contribution in [2.24, 2.45) is 0 Å². The summed E-state index contributed by atoms with van der Waals surface area (Å²) in [6.07, 6.45) is 2.80. The smallest absolute Gasteiger partial charge is 0.273 e. The Balaban J connectivity index is 2.81. The summed E-state index contributed by atoms with van der Waals surface area (Å²) in [4.78, 5) is 10.4. The van der Waals surface area contributed by atoms with Crippen molar-refractivity contribution in [1.29, 1.82) is 0 Å². The summed E-state index contributed by atoms with van der Waals surface area (Å²) in [6.45, 7) is 2.12. The Morgan fingerprint density at radius 1 is 1.44 bits per heavy atom. The lowest BCUT2D eigenvalue weighted by Gasteiger charge is -2.13. The number of hydrogen-bond acceptors (Lipinski definition) is 4. The number of methoxy groups -OCH3 is 1. The van der Waals surface area contributed by atoms with Crippen LogP contribution >= 0.6 is 0 Å². The highest BCUT2D eigenvalue weighted by molar-refractivity contribution is 5.42. The normalized spacial score (nSPS) is 12.2. The third kappa shape index (κ3) is 4.00. The van der Waals surface area contributed by atoms with E-state index in [-0.39, 0.29) is 10.6 Å². The summed E-state index contributed by atoms with van der Waals surface area (Å²) in [7, 11) is 3.45. The van der Waals surface area contributed by atoms with Gasteiger partial charge in [-0.25, -0.2) is 0 Å². The number of rotatable bonds is 7. The third-order valence-electron chi connectivity index (χ3n) is 3.08. The number of nitro benzene ring substituents is 1. The molecule has 0 radical (unpaired) electrons. The van der Waals surface area contributed by atoms with Gasteiger partial charge in [-0.1, -0.05) is 6.92 Å². The average Bonchev–Trinajstić information content (AvgIpc) is 2.39. The van der Waals surface area contributed by atoms with Gasteiger partial charge in [0.15, 0.2) is 0 Å². The van der Waals surface area contributed by atoms with Crippen LogP contribution < -0.4 is 10.1 Å². The highest BCUT2D eigenvalue weighted by Crippen LogP contribution is 2.23. The van der Waals surface area contributed by atoms with Crippen molar-refractivity contribution in [3.8, 4) is 5.75 Å². The van der Waals surface area contributed by atoms with Crippen LogP contribution in [0.25, 0.3) is 0 Å². The fraction of sp³-hybridized carbons (Fsp3) is 0.538. The van der Waals surface area contributed by atoms with E-state index in [1.165, 1.54) is 13.2 Å². The first-order chi connectivity index (χ1) is 8.60. The highest BCUT2D eigenvalue weighted by atomic mass is 16.6. The van der Waals surface area contributed by atoms with Crippen LogP contribution in [-0.4, -0.2) is 25.1 Å². The van der Waals surface area contributed by atoms with Gasteiger partial charge in [0.25, 0.3) is 5.69 Å². The molecule has 1 rings (SSSR count). The molecule has 1 N–H and O–H groups in total. The topological polar surface area (TPSA) is 64.4 Å². The van der Waals surface area contributed by atoms with E-state index < -0.39 is 0 Å². The molecule has 0 spiro atoms. The number of aryl methyl sites for hydroxylation is 1. The van der Waals surface area contributed by atoms with Gasteiger partial charge in [-0.05, 0) is 37.9 Å². The fourth-order valence-electron chi connectivity index (χ4n) is 1.90. The Morgan fingerprint density at radius 2 is 2.17 bits per heavy atom. The maximum atomic E-state index is 10.8. The predicted octanol–water partition coefficient (Wildman–Crippen LogP) is 2.53. The minimum Gasteiger partial charge on any atom is -0.496 e. The molecule has 5 heteroatoms. The fourth-order valence-corrected chi connectivity index (χ4v) is 1.90. The summed E-state index contributed by atoms with van der Waals surface area (Å²) < 4.78 is 5.09. The molecular formula is C13H20N2O3. The SMILES string of the molecule is CCC(CCc1cc(OC)cc([N+](=O)[O-])c1)NC. The van der Waals surface area contributed by atoms with Crippen LogP contribution in [0.2, 0.25) is 0 Å². The Kier molecular flexibility index (Phi) is 5.58. The van der Waals surface area contributed by atoms with Crippen LogP contribution in [0.4, 0.5) is 5.69 Å². The molecule has 0 aliphatic carbocycles. The van der Waals surface area contributed by atoms with E-state index in [0.717, 1.165) is 24.8 Å². The maximum Gasteiger partial charge on any atom is 0.273 e. The van der Waals surface area contributed by atoms with Crippen molar-refractivity contribution in [2.75, 3.05) is 14.2 Å². The molecule has 18 heavy (non-hydrogen) atoms. The van der Waals surface area contributed by atoms with E-state index in [1.807, 2.05) is 13.1 Å². The van der Waals surface area contributed by atoms with Gasteiger partial charge < -0.3 is 10.1 Å². The van der Waals surface area contributed by atoms with Crippen LogP contribution in [0.15, 0.2) is 18.2 Å². The molecule has 0 saturated carbocycles. The van der Waals surface area contributed by atoms with E-state index in [1.54, 1.807) is 6.07 Å². The molecule has 0 fully saturated rings. The van der Waals surface area contributed by atoms with Crippen molar-refractivity contribution < 1.29 is 9.66 Å². The lowest BCUT2D eigenvalue weighted by molar-refractivity contribution is -0.385. The number of benzene rings is 1. The summed E-state index contributed by atoms with van der Waals surface area (Å²) >= 11 is 0. The molecule has 0 saturated heterocycles. The molecule has 5 nitrogen and oxygen atoms in total. The van der Waals surface area contributed by atoms with Crippen LogP contribution in [0.1, 0.15) is 25.3 Å². The number of hydrogen-bond donors (Lipinski definition) is 1. The van der Waals surface area contributed by atoms with Crippen molar-refractivity contribution in [2.45, 2.75) is 32.2 Å². The molecule has 0 aliphatic heterocycles. The third-order valence-corrected chi connectivity index (χ3v) is 3.08. The zero-order valence-electron chi connectivity index (χ0n) is 11.1. The van der Waals surface area contributed by atoms with E-state index in [9.17, 15) is 10.1 Å². The second-order valence-corrected chi connectivity index (χ2v) is 4.23. The summed E-state index contributed by atoms with van der Waals surface area (Å²) in [6, 6.07) is 5.36. The monoisotopic (exact) mass is 252 g/mol. The van der Waals surface area contributed by atoms with Gasteiger partial charge in [-0.3, -0.25) is 10.1 Å². The second-order valence-electron chi connectivity index (χ2n) is 4.23. The predicted molar refractivity (Wildman–Crippen MR) is 71.1 cm³/mol.